The molecule has 5 heteroatoms. The molecule has 1 saturated heterocycles. The Hall–Kier alpha value is -0.650. The van der Waals surface area contributed by atoms with Crippen molar-refractivity contribution in [1.82, 2.24) is 10.2 Å². The Morgan fingerprint density at radius 3 is 2.10 bits per heavy atom. The minimum Gasteiger partial charge on any atom is -0.390 e. The summed E-state index contributed by atoms with van der Waals surface area (Å²) in [6, 6.07) is -0.534. The first-order valence-electron chi connectivity index (χ1n) is 8.40. The molecule has 3 N–H and O–H groups in total. The van der Waals surface area contributed by atoms with Gasteiger partial charge in [-0.2, -0.15) is 0 Å². The molecule has 1 fully saturated rings. The summed E-state index contributed by atoms with van der Waals surface area (Å²) in [7, 11) is 0. The molecule has 0 spiro atoms. The zero-order chi connectivity index (χ0) is 15.7. The molecule has 0 bridgehead atoms. The molecule has 0 aliphatic carbocycles. The van der Waals surface area contributed by atoms with Crippen molar-refractivity contribution in [2.75, 3.05) is 19.6 Å². The van der Waals surface area contributed by atoms with E-state index in [-0.39, 0.29) is 5.91 Å². The van der Waals surface area contributed by atoms with Gasteiger partial charge in [-0.05, 0) is 13.0 Å². The van der Waals surface area contributed by atoms with E-state index in [1.54, 1.807) is 0 Å². The van der Waals surface area contributed by atoms with Crippen LogP contribution in [0.4, 0.5) is 0 Å². The average Bonchev–Trinajstić information content (AvgIpc) is 2.42. The minimum atomic E-state index is -0.692. The van der Waals surface area contributed by atoms with E-state index >= 15 is 0 Å². The lowest BCUT2D eigenvalue weighted by molar-refractivity contribution is -0.123. The van der Waals surface area contributed by atoms with Crippen molar-refractivity contribution in [2.45, 2.75) is 77.0 Å². The van der Waals surface area contributed by atoms with Crippen molar-refractivity contribution in [3.05, 3.63) is 0 Å². The van der Waals surface area contributed by atoms with Crippen molar-refractivity contribution in [1.29, 1.82) is 0 Å². The largest absolute Gasteiger partial charge is 0.390 e. The van der Waals surface area contributed by atoms with Crippen LogP contribution in [0.15, 0.2) is 0 Å². The van der Waals surface area contributed by atoms with Gasteiger partial charge in [0.15, 0.2) is 0 Å². The van der Waals surface area contributed by atoms with E-state index in [4.69, 9.17) is 0 Å². The Kier molecular flexibility index (Phi) is 8.88. The number of nitrogens with one attached hydrogen (secondary N) is 1. The number of nitrogens with zero attached hydrogens (tertiary/aromatic N) is 1. The summed E-state index contributed by atoms with van der Waals surface area (Å²) in [6.45, 7) is 5.59. The van der Waals surface area contributed by atoms with Gasteiger partial charge in [-0.1, -0.05) is 45.4 Å². The van der Waals surface area contributed by atoms with Crippen LogP contribution in [-0.2, 0) is 4.79 Å². The molecule has 2 unspecified atom stereocenters. The third-order valence-electron chi connectivity index (χ3n) is 4.17. The predicted molar refractivity (Wildman–Crippen MR) is 84.1 cm³/mol. The number of amides is 1. The normalized spacial score (nSPS) is 26.8. The van der Waals surface area contributed by atoms with Gasteiger partial charge >= 0.3 is 0 Å². The highest BCUT2D eigenvalue weighted by atomic mass is 16.3. The van der Waals surface area contributed by atoms with Gasteiger partial charge in [-0.15, -0.1) is 0 Å². The minimum absolute atomic E-state index is 0.210. The van der Waals surface area contributed by atoms with E-state index in [1.165, 1.54) is 45.4 Å². The van der Waals surface area contributed by atoms with Gasteiger partial charge in [-0.3, -0.25) is 9.69 Å². The predicted octanol–water partition coefficient (Wildman–Crippen LogP) is 1.28. The van der Waals surface area contributed by atoms with E-state index in [2.05, 4.69) is 17.1 Å². The average molecular weight is 300 g/mol. The summed E-state index contributed by atoms with van der Waals surface area (Å²) in [4.78, 5) is 13.2. The first kappa shape index (κ1) is 18.4. The third-order valence-corrected chi connectivity index (χ3v) is 4.17. The van der Waals surface area contributed by atoms with Crippen LogP contribution in [0.25, 0.3) is 0 Å². The van der Waals surface area contributed by atoms with Crippen LogP contribution in [0.1, 0.15) is 58.8 Å². The SMILES string of the molecule is CCCCCCCCCN1CC(O)C(NC(C)=O)C(O)C1. The zero-order valence-corrected chi connectivity index (χ0v) is 13.6. The van der Waals surface area contributed by atoms with Crippen LogP contribution >= 0.6 is 0 Å². The fourth-order valence-corrected chi connectivity index (χ4v) is 2.99. The molecule has 124 valence electrons. The molecule has 1 rings (SSSR count). The van der Waals surface area contributed by atoms with E-state index in [0.717, 1.165) is 13.0 Å². The summed E-state index contributed by atoms with van der Waals surface area (Å²) < 4.78 is 0. The monoisotopic (exact) mass is 300 g/mol. The van der Waals surface area contributed by atoms with Gasteiger partial charge in [0, 0.05) is 20.0 Å². The second-order valence-electron chi connectivity index (χ2n) is 6.24. The van der Waals surface area contributed by atoms with Crippen LogP contribution < -0.4 is 5.32 Å². The summed E-state index contributed by atoms with van der Waals surface area (Å²) in [5.74, 6) is -0.210. The highest BCUT2D eigenvalue weighted by Crippen LogP contribution is 2.14. The number of piperidine rings is 1. The van der Waals surface area contributed by atoms with Crippen molar-refractivity contribution in [2.24, 2.45) is 0 Å². The van der Waals surface area contributed by atoms with Crippen molar-refractivity contribution < 1.29 is 15.0 Å². The number of hydrogen-bond donors (Lipinski definition) is 3. The molecule has 0 aromatic heterocycles. The molecule has 1 heterocycles. The Morgan fingerprint density at radius 1 is 1.05 bits per heavy atom. The number of carbonyl (C=O) groups excluding carboxylic acids is 1. The molecule has 0 aromatic carbocycles. The Labute approximate surface area is 128 Å². The quantitative estimate of drug-likeness (QED) is 0.561. The second kappa shape index (κ2) is 10.1. The second-order valence-corrected chi connectivity index (χ2v) is 6.24. The van der Waals surface area contributed by atoms with E-state index in [0.29, 0.717) is 13.1 Å². The standard InChI is InChI=1S/C16H32N2O3/c1-3-4-5-6-7-8-9-10-18-11-14(20)16(15(21)12-18)17-13(2)19/h14-16,20-21H,3-12H2,1-2H3,(H,17,19). The number of aliphatic hydroxyl groups is 2. The Balaban J connectivity index is 2.16. The maximum absolute atomic E-state index is 11.1. The first-order valence-corrected chi connectivity index (χ1v) is 8.40. The molecule has 1 amide bonds. The maximum atomic E-state index is 11.1. The number of aliphatic hydroxyl groups excluding tert-OH is 2. The molecular weight excluding hydrogens is 268 g/mol. The number of likely N-dealkylation sites (tertiary alicyclic amines) is 1. The lowest BCUT2D eigenvalue weighted by Crippen LogP contribution is -2.61. The molecule has 21 heavy (non-hydrogen) atoms. The van der Waals surface area contributed by atoms with Gasteiger partial charge in [0.05, 0.1) is 18.2 Å². The first-order chi connectivity index (χ1) is 10.0. The lowest BCUT2D eigenvalue weighted by Gasteiger charge is -2.39. The van der Waals surface area contributed by atoms with Crippen molar-refractivity contribution >= 4 is 5.91 Å². The Morgan fingerprint density at radius 2 is 1.57 bits per heavy atom. The topological polar surface area (TPSA) is 72.8 Å². The highest BCUT2D eigenvalue weighted by Gasteiger charge is 2.34. The third kappa shape index (κ3) is 7.25. The van der Waals surface area contributed by atoms with Crippen LogP contribution in [0.2, 0.25) is 0 Å². The van der Waals surface area contributed by atoms with Gasteiger partial charge in [-0.25, -0.2) is 0 Å². The van der Waals surface area contributed by atoms with E-state index in [9.17, 15) is 15.0 Å². The van der Waals surface area contributed by atoms with Crippen molar-refractivity contribution in [3.63, 3.8) is 0 Å². The molecule has 1 aliphatic rings. The summed E-state index contributed by atoms with van der Waals surface area (Å²) >= 11 is 0. The maximum Gasteiger partial charge on any atom is 0.217 e. The zero-order valence-electron chi connectivity index (χ0n) is 13.6. The van der Waals surface area contributed by atoms with E-state index < -0.39 is 18.2 Å². The summed E-state index contributed by atoms with van der Waals surface area (Å²) in [5, 5.41) is 22.7. The van der Waals surface area contributed by atoms with Crippen LogP contribution in [0.5, 0.6) is 0 Å². The summed E-state index contributed by atoms with van der Waals surface area (Å²) in [5.41, 5.74) is 0. The summed E-state index contributed by atoms with van der Waals surface area (Å²) in [6.07, 6.45) is 7.45. The number of rotatable bonds is 9. The van der Waals surface area contributed by atoms with Crippen molar-refractivity contribution in [3.8, 4) is 0 Å². The van der Waals surface area contributed by atoms with Gasteiger partial charge in [0.1, 0.15) is 0 Å². The Bertz CT molecular complexity index is 287. The fraction of sp³-hybridized carbons (Fsp3) is 0.938. The van der Waals surface area contributed by atoms with Crippen LogP contribution in [0, 0.1) is 0 Å². The molecular formula is C16H32N2O3. The van der Waals surface area contributed by atoms with E-state index in [1.807, 2.05) is 0 Å². The molecule has 2 atom stereocenters. The van der Waals surface area contributed by atoms with Gasteiger partial charge in [0.25, 0.3) is 0 Å². The number of hydrogen-bond acceptors (Lipinski definition) is 4. The van der Waals surface area contributed by atoms with Gasteiger partial charge in [0.2, 0.25) is 5.91 Å². The molecule has 1 aliphatic heterocycles. The number of unbranched alkanes of at least 4 members (excludes halogenated alkanes) is 6. The number of carbonyl (C=O) groups is 1. The van der Waals surface area contributed by atoms with Gasteiger partial charge < -0.3 is 15.5 Å². The molecule has 0 saturated carbocycles. The molecule has 0 aromatic rings. The van der Waals surface area contributed by atoms with Crippen LogP contribution in [0.3, 0.4) is 0 Å². The molecule has 5 nitrogen and oxygen atoms in total. The fourth-order valence-electron chi connectivity index (χ4n) is 2.99. The molecule has 0 radical (unpaired) electrons. The van der Waals surface area contributed by atoms with Crippen LogP contribution in [-0.4, -0.2) is 58.9 Å². The lowest BCUT2D eigenvalue weighted by atomic mass is 9.98. The smallest absolute Gasteiger partial charge is 0.217 e. The highest BCUT2D eigenvalue weighted by molar-refractivity contribution is 5.73. The number of β-amino-alcohol motifs (C(OH)–C–C–N with tert-alkyl or cyclic N) is 2.